The molecule has 2 fully saturated rings. The van der Waals surface area contributed by atoms with Crippen LogP contribution >= 0.6 is 0 Å². The number of nitrogens with zero attached hydrogens (tertiary/aromatic N) is 1. The number of fused-ring (bicyclic) bond motifs is 1. The van der Waals surface area contributed by atoms with Crippen LogP contribution in [0.4, 0.5) is 0 Å². The second kappa shape index (κ2) is 5.73. The smallest absolute Gasteiger partial charge is 0.207 e. The monoisotopic (exact) mass is 307 g/mol. The number of benzene rings is 1. The molecular formula is C17H25NO2S. The quantitative estimate of drug-likeness (QED) is 0.835. The Morgan fingerprint density at radius 3 is 2.38 bits per heavy atom. The van der Waals surface area contributed by atoms with Crippen LogP contribution in [0.1, 0.15) is 51.0 Å². The Morgan fingerprint density at radius 1 is 1.00 bits per heavy atom. The van der Waals surface area contributed by atoms with Gasteiger partial charge >= 0.3 is 0 Å². The molecule has 3 unspecified atom stereocenters. The molecule has 1 heterocycles. The van der Waals surface area contributed by atoms with Crippen molar-refractivity contribution in [3.8, 4) is 0 Å². The molecule has 3 atom stereocenters. The largest absolute Gasteiger partial charge is 0.243 e. The van der Waals surface area contributed by atoms with E-state index in [1.165, 1.54) is 19.3 Å². The van der Waals surface area contributed by atoms with Gasteiger partial charge in [-0.25, -0.2) is 8.42 Å². The van der Waals surface area contributed by atoms with Crippen molar-refractivity contribution in [3.63, 3.8) is 0 Å². The Morgan fingerprint density at radius 2 is 1.67 bits per heavy atom. The Kier molecular flexibility index (Phi) is 4.10. The molecule has 4 heteroatoms. The van der Waals surface area contributed by atoms with Gasteiger partial charge in [0.2, 0.25) is 10.0 Å². The lowest BCUT2D eigenvalue weighted by atomic mass is 9.78. The molecule has 0 amide bonds. The van der Waals surface area contributed by atoms with Crippen molar-refractivity contribution < 1.29 is 8.42 Å². The van der Waals surface area contributed by atoms with E-state index in [1.54, 1.807) is 12.1 Å². The SMILES string of the molecule is Cc1ccc(S(=O)(=O)N2C(C)CCC3CCCCC32)cc1. The minimum Gasteiger partial charge on any atom is -0.207 e. The van der Waals surface area contributed by atoms with Gasteiger partial charge in [0.05, 0.1) is 4.90 Å². The van der Waals surface area contributed by atoms with E-state index in [0.717, 1.165) is 24.8 Å². The van der Waals surface area contributed by atoms with Crippen LogP contribution in [0, 0.1) is 12.8 Å². The maximum absolute atomic E-state index is 13.1. The fraction of sp³-hybridized carbons (Fsp3) is 0.647. The molecule has 3 rings (SSSR count). The molecule has 1 aromatic carbocycles. The minimum atomic E-state index is -3.37. The van der Waals surface area contributed by atoms with E-state index in [9.17, 15) is 8.42 Å². The Bertz CT molecular complexity index is 594. The highest BCUT2D eigenvalue weighted by atomic mass is 32.2. The predicted octanol–water partition coefficient (Wildman–Crippen LogP) is 3.73. The van der Waals surface area contributed by atoms with Gasteiger partial charge in [0.15, 0.2) is 0 Å². The van der Waals surface area contributed by atoms with E-state index in [0.29, 0.717) is 10.8 Å². The third-order valence-corrected chi connectivity index (χ3v) is 7.24. The van der Waals surface area contributed by atoms with E-state index in [4.69, 9.17) is 0 Å². The molecule has 1 aromatic rings. The van der Waals surface area contributed by atoms with Crippen LogP contribution in [-0.2, 0) is 10.0 Å². The number of aryl methyl sites for hydroxylation is 1. The summed E-state index contributed by atoms with van der Waals surface area (Å²) in [5.74, 6) is 0.565. The molecule has 3 nitrogen and oxygen atoms in total. The molecule has 0 N–H and O–H groups in total. The van der Waals surface area contributed by atoms with Gasteiger partial charge in [0.1, 0.15) is 0 Å². The van der Waals surface area contributed by atoms with Crippen molar-refractivity contribution in [2.45, 2.75) is 69.4 Å². The van der Waals surface area contributed by atoms with Gasteiger partial charge in [-0.2, -0.15) is 4.31 Å². The highest BCUT2D eigenvalue weighted by molar-refractivity contribution is 7.89. The normalized spacial score (nSPS) is 30.9. The topological polar surface area (TPSA) is 37.4 Å². The lowest BCUT2D eigenvalue weighted by Gasteiger charge is -2.46. The molecule has 1 saturated carbocycles. The number of rotatable bonds is 2. The first-order chi connectivity index (χ1) is 10.00. The summed E-state index contributed by atoms with van der Waals surface area (Å²) >= 11 is 0. The summed E-state index contributed by atoms with van der Waals surface area (Å²) < 4.78 is 28.0. The van der Waals surface area contributed by atoms with Crippen molar-refractivity contribution in [2.24, 2.45) is 5.92 Å². The van der Waals surface area contributed by atoms with Crippen molar-refractivity contribution in [1.82, 2.24) is 4.31 Å². The van der Waals surface area contributed by atoms with E-state index >= 15 is 0 Å². The molecule has 21 heavy (non-hydrogen) atoms. The highest BCUT2D eigenvalue weighted by Crippen LogP contribution is 2.40. The zero-order chi connectivity index (χ0) is 15.0. The first kappa shape index (κ1) is 15.0. The summed E-state index contributed by atoms with van der Waals surface area (Å²) in [5, 5.41) is 0. The van der Waals surface area contributed by atoms with Gasteiger partial charge in [-0.1, -0.05) is 30.5 Å². The summed E-state index contributed by atoms with van der Waals surface area (Å²) in [7, 11) is -3.37. The number of hydrogen-bond donors (Lipinski definition) is 0. The Balaban J connectivity index is 1.96. The third kappa shape index (κ3) is 2.76. The van der Waals surface area contributed by atoms with Gasteiger partial charge in [0, 0.05) is 12.1 Å². The molecule has 0 radical (unpaired) electrons. The zero-order valence-electron chi connectivity index (χ0n) is 13.0. The van der Waals surface area contributed by atoms with Gasteiger partial charge in [0.25, 0.3) is 0 Å². The summed E-state index contributed by atoms with van der Waals surface area (Å²) in [6, 6.07) is 7.62. The molecule has 2 aliphatic rings. The molecule has 0 aromatic heterocycles. The van der Waals surface area contributed by atoms with Crippen LogP contribution < -0.4 is 0 Å². The zero-order valence-corrected chi connectivity index (χ0v) is 13.8. The van der Waals surface area contributed by atoms with Gasteiger partial charge in [-0.05, 0) is 57.6 Å². The Hall–Kier alpha value is -0.870. The highest BCUT2D eigenvalue weighted by Gasteiger charge is 2.43. The maximum atomic E-state index is 13.1. The lowest BCUT2D eigenvalue weighted by Crippen LogP contribution is -2.53. The van der Waals surface area contributed by atoms with Crippen molar-refractivity contribution in [2.75, 3.05) is 0 Å². The number of sulfonamides is 1. The van der Waals surface area contributed by atoms with Crippen LogP contribution in [0.3, 0.4) is 0 Å². The van der Waals surface area contributed by atoms with Crippen LogP contribution in [0.25, 0.3) is 0 Å². The van der Waals surface area contributed by atoms with Gasteiger partial charge in [-0.3, -0.25) is 0 Å². The van der Waals surface area contributed by atoms with Crippen LogP contribution in [0.15, 0.2) is 29.2 Å². The van der Waals surface area contributed by atoms with E-state index in [-0.39, 0.29) is 12.1 Å². The fourth-order valence-electron chi connectivity index (χ4n) is 4.02. The summed E-state index contributed by atoms with van der Waals surface area (Å²) in [6.07, 6.45) is 6.82. The summed E-state index contributed by atoms with van der Waals surface area (Å²) in [6.45, 7) is 4.05. The minimum absolute atomic E-state index is 0.121. The average molecular weight is 307 g/mol. The average Bonchev–Trinajstić information content (AvgIpc) is 2.47. The van der Waals surface area contributed by atoms with Crippen molar-refractivity contribution >= 4 is 10.0 Å². The summed E-state index contributed by atoms with van der Waals surface area (Å²) in [5.41, 5.74) is 1.09. The number of hydrogen-bond acceptors (Lipinski definition) is 2. The van der Waals surface area contributed by atoms with Crippen LogP contribution in [0.2, 0.25) is 0 Å². The maximum Gasteiger partial charge on any atom is 0.243 e. The van der Waals surface area contributed by atoms with Crippen LogP contribution in [-0.4, -0.2) is 24.8 Å². The fourth-order valence-corrected chi connectivity index (χ4v) is 5.95. The second-order valence-electron chi connectivity index (χ2n) is 6.69. The van der Waals surface area contributed by atoms with Gasteiger partial charge < -0.3 is 0 Å². The third-order valence-electron chi connectivity index (χ3n) is 5.18. The molecular weight excluding hydrogens is 282 g/mol. The summed E-state index contributed by atoms with van der Waals surface area (Å²) in [4.78, 5) is 0.450. The van der Waals surface area contributed by atoms with E-state index in [2.05, 4.69) is 6.92 Å². The predicted molar refractivity (Wildman–Crippen MR) is 84.6 cm³/mol. The standard InChI is InChI=1S/C17H25NO2S/c1-13-7-11-16(12-8-13)21(19,20)18-14(2)9-10-15-5-3-4-6-17(15)18/h7-8,11-12,14-15,17H,3-6,9-10H2,1-2H3. The van der Waals surface area contributed by atoms with E-state index < -0.39 is 10.0 Å². The Labute approximate surface area is 128 Å². The molecule has 0 spiro atoms. The molecule has 0 bridgehead atoms. The lowest BCUT2D eigenvalue weighted by molar-refractivity contribution is 0.0919. The van der Waals surface area contributed by atoms with Crippen molar-refractivity contribution in [1.29, 1.82) is 0 Å². The number of piperidine rings is 1. The molecule has 1 aliphatic heterocycles. The second-order valence-corrected chi connectivity index (χ2v) is 8.53. The molecule has 1 saturated heterocycles. The first-order valence-corrected chi connectivity index (χ1v) is 9.54. The van der Waals surface area contributed by atoms with Crippen LogP contribution in [0.5, 0.6) is 0 Å². The molecule has 1 aliphatic carbocycles. The van der Waals surface area contributed by atoms with E-state index in [1.807, 2.05) is 23.4 Å². The molecule has 116 valence electrons. The van der Waals surface area contributed by atoms with Crippen molar-refractivity contribution in [3.05, 3.63) is 29.8 Å². The van der Waals surface area contributed by atoms with Gasteiger partial charge in [-0.15, -0.1) is 0 Å². The first-order valence-electron chi connectivity index (χ1n) is 8.10.